The standard InChI is InChI=1S/C17H17N/c1-17(2,15-6-4-3-5-7-15)16-10-8-14(9-11-16)12-13-18/h3-11H,12H2,1-2H3. The summed E-state index contributed by atoms with van der Waals surface area (Å²) in [5, 5.41) is 8.68. The van der Waals surface area contributed by atoms with E-state index in [1.165, 1.54) is 11.1 Å². The Labute approximate surface area is 109 Å². The molecule has 0 aromatic heterocycles. The van der Waals surface area contributed by atoms with Crippen molar-refractivity contribution in [2.75, 3.05) is 0 Å². The molecule has 0 spiro atoms. The van der Waals surface area contributed by atoms with E-state index in [1.807, 2.05) is 18.2 Å². The van der Waals surface area contributed by atoms with E-state index in [0.717, 1.165) is 5.56 Å². The van der Waals surface area contributed by atoms with Crippen LogP contribution in [0.25, 0.3) is 0 Å². The van der Waals surface area contributed by atoms with Gasteiger partial charge in [0.05, 0.1) is 12.5 Å². The molecule has 0 heterocycles. The van der Waals surface area contributed by atoms with Crippen molar-refractivity contribution in [3.05, 3.63) is 71.3 Å². The van der Waals surface area contributed by atoms with Gasteiger partial charge in [-0.2, -0.15) is 5.26 Å². The molecule has 0 N–H and O–H groups in total. The van der Waals surface area contributed by atoms with Gasteiger partial charge in [0, 0.05) is 5.41 Å². The largest absolute Gasteiger partial charge is 0.198 e. The van der Waals surface area contributed by atoms with Gasteiger partial charge in [0.1, 0.15) is 0 Å². The predicted octanol–water partition coefficient (Wildman–Crippen LogP) is 4.08. The van der Waals surface area contributed by atoms with Crippen molar-refractivity contribution in [1.29, 1.82) is 5.26 Å². The van der Waals surface area contributed by atoms with Crippen LogP contribution in [0.1, 0.15) is 30.5 Å². The molecular formula is C17H17N. The predicted molar refractivity (Wildman–Crippen MR) is 74.3 cm³/mol. The highest BCUT2D eigenvalue weighted by Gasteiger charge is 2.22. The molecule has 0 fully saturated rings. The molecule has 0 aliphatic carbocycles. The van der Waals surface area contributed by atoms with Crippen LogP contribution >= 0.6 is 0 Å². The number of nitriles is 1. The van der Waals surface area contributed by atoms with Gasteiger partial charge in [0.15, 0.2) is 0 Å². The fourth-order valence-electron chi connectivity index (χ4n) is 2.15. The Morgan fingerprint density at radius 1 is 0.889 bits per heavy atom. The molecule has 0 saturated carbocycles. The molecule has 0 unspecified atom stereocenters. The average molecular weight is 235 g/mol. The van der Waals surface area contributed by atoms with Gasteiger partial charge in [-0.05, 0) is 16.7 Å². The minimum atomic E-state index is -0.00751. The second-order valence-corrected chi connectivity index (χ2v) is 5.02. The maximum absolute atomic E-state index is 8.68. The fourth-order valence-corrected chi connectivity index (χ4v) is 2.15. The van der Waals surface area contributed by atoms with Gasteiger partial charge in [-0.1, -0.05) is 68.4 Å². The lowest BCUT2D eigenvalue weighted by atomic mass is 9.78. The summed E-state index contributed by atoms with van der Waals surface area (Å²) < 4.78 is 0. The second kappa shape index (κ2) is 5.06. The van der Waals surface area contributed by atoms with E-state index < -0.39 is 0 Å². The fraction of sp³-hybridized carbons (Fsp3) is 0.235. The number of rotatable bonds is 3. The first-order chi connectivity index (χ1) is 8.64. The molecule has 1 nitrogen and oxygen atoms in total. The molecule has 2 rings (SSSR count). The van der Waals surface area contributed by atoms with Crippen LogP contribution in [-0.2, 0) is 11.8 Å². The number of hydrogen-bond acceptors (Lipinski definition) is 1. The van der Waals surface area contributed by atoms with Gasteiger partial charge in [-0.15, -0.1) is 0 Å². The van der Waals surface area contributed by atoms with Crippen LogP contribution in [0.4, 0.5) is 0 Å². The van der Waals surface area contributed by atoms with Crippen molar-refractivity contribution in [3.63, 3.8) is 0 Å². The molecule has 18 heavy (non-hydrogen) atoms. The summed E-state index contributed by atoms with van der Waals surface area (Å²) in [7, 11) is 0. The average Bonchev–Trinajstić information content (AvgIpc) is 2.41. The van der Waals surface area contributed by atoms with Crippen LogP contribution in [0.5, 0.6) is 0 Å². The minimum absolute atomic E-state index is 0.00751. The van der Waals surface area contributed by atoms with Crippen molar-refractivity contribution in [3.8, 4) is 6.07 Å². The van der Waals surface area contributed by atoms with Crippen LogP contribution in [-0.4, -0.2) is 0 Å². The first-order valence-corrected chi connectivity index (χ1v) is 6.16. The Bertz CT molecular complexity index is 544. The zero-order chi connectivity index (χ0) is 13.0. The third-order valence-electron chi connectivity index (χ3n) is 3.45. The monoisotopic (exact) mass is 235 g/mol. The van der Waals surface area contributed by atoms with Gasteiger partial charge in [-0.3, -0.25) is 0 Å². The van der Waals surface area contributed by atoms with E-state index in [0.29, 0.717) is 6.42 Å². The van der Waals surface area contributed by atoms with Crippen LogP contribution in [0, 0.1) is 11.3 Å². The highest BCUT2D eigenvalue weighted by atomic mass is 14.3. The topological polar surface area (TPSA) is 23.8 Å². The van der Waals surface area contributed by atoms with Crippen molar-refractivity contribution in [2.45, 2.75) is 25.7 Å². The van der Waals surface area contributed by atoms with Gasteiger partial charge in [-0.25, -0.2) is 0 Å². The Morgan fingerprint density at radius 3 is 2.00 bits per heavy atom. The summed E-state index contributed by atoms with van der Waals surface area (Å²) in [5.41, 5.74) is 3.64. The molecule has 90 valence electrons. The van der Waals surface area contributed by atoms with Crippen molar-refractivity contribution in [2.24, 2.45) is 0 Å². The minimum Gasteiger partial charge on any atom is -0.198 e. The van der Waals surface area contributed by atoms with Crippen molar-refractivity contribution >= 4 is 0 Å². The van der Waals surface area contributed by atoms with Crippen LogP contribution < -0.4 is 0 Å². The Hall–Kier alpha value is -2.07. The van der Waals surface area contributed by atoms with Crippen LogP contribution in [0.2, 0.25) is 0 Å². The molecule has 0 atom stereocenters. The molecule has 0 aliphatic heterocycles. The van der Waals surface area contributed by atoms with Gasteiger partial charge in [0.2, 0.25) is 0 Å². The number of nitrogens with zero attached hydrogens (tertiary/aromatic N) is 1. The SMILES string of the molecule is CC(C)(c1ccccc1)c1ccc(CC#N)cc1. The zero-order valence-electron chi connectivity index (χ0n) is 10.9. The normalized spacial score (nSPS) is 10.9. The first-order valence-electron chi connectivity index (χ1n) is 6.16. The lowest BCUT2D eigenvalue weighted by Crippen LogP contribution is -2.18. The molecule has 0 amide bonds. The molecule has 0 radical (unpaired) electrons. The van der Waals surface area contributed by atoms with Gasteiger partial charge in [0.25, 0.3) is 0 Å². The van der Waals surface area contributed by atoms with E-state index in [-0.39, 0.29) is 5.41 Å². The highest BCUT2D eigenvalue weighted by Crippen LogP contribution is 2.31. The van der Waals surface area contributed by atoms with Crippen LogP contribution in [0.3, 0.4) is 0 Å². The van der Waals surface area contributed by atoms with Crippen LogP contribution in [0.15, 0.2) is 54.6 Å². The molecule has 0 bridgehead atoms. The second-order valence-electron chi connectivity index (χ2n) is 5.02. The molecular weight excluding hydrogens is 218 g/mol. The summed E-state index contributed by atoms with van der Waals surface area (Å²) in [4.78, 5) is 0. The first kappa shape index (κ1) is 12.4. The van der Waals surface area contributed by atoms with E-state index in [1.54, 1.807) is 0 Å². The van der Waals surface area contributed by atoms with E-state index in [4.69, 9.17) is 5.26 Å². The summed E-state index contributed by atoms with van der Waals surface area (Å²) in [6.07, 6.45) is 0.478. The summed E-state index contributed by atoms with van der Waals surface area (Å²) in [6.45, 7) is 4.45. The smallest absolute Gasteiger partial charge is 0.0669 e. The Kier molecular flexibility index (Phi) is 3.48. The molecule has 1 heteroatoms. The van der Waals surface area contributed by atoms with Crippen molar-refractivity contribution in [1.82, 2.24) is 0 Å². The lowest BCUT2D eigenvalue weighted by Gasteiger charge is -2.26. The zero-order valence-corrected chi connectivity index (χ0v) is 10.9. The third-order valence-corrected chi connectivity index (χ3v) is 3.45. The molecule has 2 aromatic carbocycles. The van der Waals surface area contributed by atoms with E-state index in [2.05, 4.69) is 56.3 Å². The maximum Gasteiger partial charge on any atom is 0.0669 e. The molecule has 2 aromatic rings. The summed E-state index contributed by atoms with van der Waals surface area (Å²) >= 11 is 0. The van der Waals surface area contributed by atoms with Crippen molar-refractivity contribution < 1.29 is 0 Å². The number of hydrogen-bond donors (Lipinski definition) is 0. The maximum atomic E-state index is 8.68. The molecule has 0 aliphatic rings. The highest BCUT2D eigenvalue weighted by molar-refractivity contribution is 5.38. The summed E-state index contributed by atoms with van der Waals surface area (Å²) in [5.74, 6) is 0. The Morgan fingerprint density at radius 2 is 1.44 bits per heavy atom. The van der Waals surface area contributed by atoms with E-state index in [9.17, 15) is 0 Å². The summed E-state index contributed by atoms with van der Waals surface area (Å²) in [6, 6.07) is 21.0. The third kappa shape index (κ3) is 2.43. The van der Waals surface area contributed by atoms with Gasteiger partial charge >= 0.3 is 0 Å². The van der Waals surface area contributed by atoms with Gasteiger partial charge < -0.3 is 0 Å². The lowest BCUT2D eigenvalue weighted by molar-refractivity contribution is 0.640. The number of benzene rings is 2. The van der Waals surface area contributed by atoms with E-state index >= 15 is 0 Å². The quantitative estimate of drug-likeness (QED) is 0.786. The molecule has 0 saturated heterocycles. The Balaban J connectivity index is 2.33.